The molecule has 1 saturated heterocycles. The van der Waals surface area contributed by atoms with Gasteiger partial charge < -0.3 is 10.5 Å². The van der Waals surface area contributed by atoms with Gasteiger partial charge in [0.1, 0.15) is 4.90 Å². The van der Waals surface area contributed by atoms with Crippen molar-refractivity contribution in [2.45, 2.75) is 23.8 Å². The Bertz CT molecular complexity index is 507. The number of sulfonamides is 1. The highest BCUT2D eigenvalue weighted by molar-refractivity contribution is 7.89. The number of halogens is 1. The number of benzene rings is 1. The summed E-state index contributed by atoms with van der Waals surface area (Å²) >= 11 is 5.91. The molecule has 0 aliphatic carbocycles. The molecule has 3 N–H and O–H groups in total. The minimum Gasteiger partial charge on any atom is -0.398 e. The van der Waals surface area contributed by atoms with Gasteiger partial charge in [-0.3, -0.25) is 0 Å². The van der Waals surface area contributed by atoms with Crippen molar-refractivity contribution in [3.63, 3.8) is 0 Å². The van der Waals surface area contributed by atoms with Crippen molar-refractivity contribution in [1.29, 1.82) is 0 Å². The van der Waals surface area contributed by atoms with Crippen molar-refractivity contribution in [3.8, 4) is 0 Å². The van der Waals surface area contributed by atoms with E-state index in [9.17, 15) is 8.42 Å². The van der Waals surface area contributed by atoms with Crippen molar-refractivity contribution < 1.29 is 13.2 Å². The van der Waals surface area contributed by atoms with Gasteiger partial charge in [0.2, 0.25) is 10.0 Å². The normalized spacial score (nSPS) is 17.8. The Balaban J connectivity index is 2.25. The molecule has 1 aromatic carbocycles. The molecule has 1 fully saturated rings. The van der Waals surface area contributed by atoms with Crippen LogP contribution in [0.25, 0.3) is 0 Å². The zero-order valence-electron chi connectivity index (χ0n) is 9.73. The van der Waals surface area contributed by atoms with Crippen molar-refractivity contribution in [3.05, 3.63) is 23.2 Å². The van der Waals surface area contributed by atoms with Crippen LogP contribution in [0, 0.1) is 0 Å². The molecule has 0 atom stereocenters. The summed E-state index contributed by atoms with van der Waals surface area (Å²) in [5.74, 6) is 0. The number of nitrogens with one attached hydrogen (secondary N) is 1. The number of nitrogens with two attached hydrogens (primary N) is 1. The van der Waals surface area contributed by atoms with Crippen LogP contribution in [0.3, 0.4) is 0 Å². The van der Waals surface area contributed by atoms with Crippen molar-refractivity contribution >= 4 is 27.3 Å². The molecule has 0 unspecified atom stereocenters. The van der Waals surface area contributed by atoms with Gasteiger partial charge in [-0.2, -0.15) is 0 Å². The van der Waals surface area contributed by atoms with Gasteiger partial charge >= 0.3 is 0 Å². The minimum absolute atomic E-state index is 0.0434. The first-order chi connectivity index (χ1) is 8.50. The predicted molar refractivity (Wildman–Crippen MR) is 70.0 cm³/mol. The molecule has 0 amide bonds. The van der Waals surface area contributed by atoms with Crippen LogP contribution in [0.2, 0.25) is 5.02 Å². The number of anilines is 1. The third-order valence-electron chi connectivity index (χ3n) is 2.81. The van der Waals surface area contributed by atoms with Gasteiger partial charge in [-0.1, -0.05) is 17.7 Å². The lowest BCUT2D eigenvalue weighted by Gasteiger charge is -2.23. The molecule has 5 nitrogen and oxygen atoms in total. The molecule has 1 aromatic rings. The fourth-order valence-electron chi connectivity index (χ4n) is 1.90. The van der Waals surface area contributed by atoms with E-state index < -0.39 is 10.0 Å². The topological polar surface area (TPSA) is 81.4 Å². The Morgan fingerprint density at radius 1 is 1.33 bits per heavy atom. The molecule has 0 radical (unpaired) electrons. The smallest absolute Gasteiger partial charge is 0.244 e. The largest absolute Gasteiger partial charge is 0.398 e. The first-order valence-corrected chi connectivity index (χ1v) is 7.51. The summed E-state index contributed by atoms with van der Waals surface area (Å²) in [7, 11) is -3.68. The van der Waals surface area contributed by atoms with E-state index in [1.54, 1.807) is 6.07 Å². The lowest BCUT2D eigenvalue weighted by Crippen LogP contribution is -2.39. The summed E-state index contributed by atoms with van der Waals surface area (Å²) in [6.45, 7) is 1.12. The van der Waals surface area contributed by atoms with E-state index in [1.165, 1.54) is 12.1 Å². The van der Waals surface area contributed by atoms with Crippen LogP contribution in [-0.2, 0) is 14.8 Å². The zero-order chi connectivity index (χ0) is 13.2. The number of nitrogen functional groups attached to an aromatic ring is 1. The lowest BCUT2D eigenvalue weighted by molar-refractivity contribution is 0.0832. The fourth-order valence-corrected chi connectivity index (χ4v) is 3.88. The molecule has 18 heavy (non-hydrogen) atoms. The third-order valence-corrected chi connectivity index (χ3v) is 4.87. The quantitative estimate of drug-likeness (QED) is 0.824. The fraction of sp³-hybridized carbons (Fsp3) is 0.455. The van der Waals surface area contributed by atoms with Crippen LogP contribution in [0.5, 0.6) is 0 Å². The van der Waals surface area contributed by atoms with Crippen molar-refractivity contribution in [2.24, 2.45) is 0 Å². The summed E-state index contributed by atoms with van der Waals surface area (Å²) in [6, 6.07) is 4.52. The molecule has 1 aliphatic rings. The maximum atomic E-state index is 12.2. The Morgan fingerprint density at radius 2 is 2.00 bits per heavy atom. The molecular weight excluding hydrogens is 276 g/mol. The van der Waals surface area contributed by atoms with Gasteiger partial charge in [-0.15, -0.1) is 0 Å². The van der Waals surface area contributed by atoms with E-state index >= 15 is 0 Å². The molecule has 0 bridgehead atoms. The number of hydrogen-bond donors (Lipinski definition) is 2. The van der Waals surface area contributed by atoms with E-state index in [-0.39, 0.29) is 21.6 Å². The van der Waals surface area contributed by atoms with E-state index in [0.29, 0.717) is 26.1 Å². The standard InChI is InChI=1S/C11H15ClN2O3S/c12-9-2-1-3-10(13)11(9)18(15,16)14-8-4-6-17-7-5-8/h1-3,8,14H,4-7,13H2. The van der Waals surface area contributed by atoms with Crippen molar-refractivity contribution in [1.82, 2.24) is 4.72 Å². The molecule has 0 spiro atoms. The summed E-state index contributed by atoms with van der Waals surface area (Å²) in [5, 5.41) is 0.134. The molecule has 1 aliphatic heterocycles. The monoisotopic (exact) mass is 290 g/mol. The van der Waals surface area contributed by atoms with Crippen LogP contribution in [0.1, 0.15) is 12.8 Å². The molecule has 2 rings (SSSR count). The van der Waals surface area contributed by atoms with E-state index in [0.717, 1.165) is 0 Å². The number of rotatable bonds is 3. The number of hydrogen-bond acceptors (Lipinski definition) is 4. The second kappa shape index (κ2) is 5.44. The first-order valence-electron chi connectivity index (χ1n) is 5.65. The zero-order valence-corrected chi connectivity index (χ0v) is 11.3. The molecule has 0 aromatic heterocycles. The van der Waals surface area contributed by atoms with Gasteiger partial charge in [0.05, 0.1) is 10.7 Å². The van der Waals surface area contributed by atoms with Gasteiger partial charge in [0.25, 0.3) is 0 Å². The Hall–Kier alpha value is -0.820. The maximum Gasteiger partial charge on any atom is 0.244 e. The molecular formula is C11H15ClN2O3S. The highest BCUT2D eigenvalue weighted by Crippen LogP contribution is 2.27. The average molecular weight is 291 g/mol. The van der Waals surface area contributed by atoms with Crippen LogP contribution < -0.4 is 10.5 Å². The minimum atomic E-state index is -3.68. The second-order valence-corrected chi connectivity index (χ2v) is 6.22. The highest BCUT2D eigenvalue weighted by Gasteiger charge is 2.25. The molecule has 7 heteroatoms. The van der Waals surface area contributed by atoms with Crippen molar-refractivity contribution in [2.75, 3.05) is 18.9 Å². The lowest BCUT2D eigenvalue weighted by atomic mass is 10.1. The molecule has 0 saturated carbocycles. The highest BCUT2D eigenvalue weighted by atomic mass is 35.5. The first kappa shape index (κ1) is 13.6. The second-order valence-electron chi connectivity index (χ2n) is 4.17. The van der Waals surface area contributed by atoms with Gasteiger partial charge in [-0.25, -0.2) is 13.1 Å². The van der Waals surface area contributed by atoms with E-state index in [1.807, 2.05) is 0 Å². The van der Waals surface area contributed by atoms with Gasteiger partial charge in [0.15, 0.2) is 0 Å². The van der Waals surface area contributed by atoms with Crippen LogP contribution in [-0.4, -0.2) is 27.7 Å². The van der Waals surface area contributed by atoms with Crippen LogP contribution >= 0.6 is 11.6 Å². The predicted octanol–water partition coefficient (Wildman–Crippen LogP) is 1.38. The third kappa shape index (κ3) is 2.95. The Kier molecular flexibility index (Phi) is 4.11. The van der Waals surface area contributed by atoms with Crippen LogP contribution in [0.15, 0.2) is 23.1 Å². The average Bonchev–Trinajstić information content (AvgIpc) is 2.28. The van der Waals surface area contributed by atoms with Gasteiger partial charge in [0, 0.05) is 19.3 Å². The Labute approximate surface area is 111 Å². The SMILES string of the molecule is Nc1cccc(Cl)c1S(=O)(=O)NC1CCOCC1. The maximum absolute atomic E-state index is 12.2. The van der Waals surface area contributed by atoms with E-state index in [2.05, 4.69) is 4.72 Å². The van der Waals surface area contributed by atoms with E-state index in [4.69, 9.17) is 22.1 Å². The molecule has 100 valence electrons. The Morgan fingerprint density at radius 3 is 2.61 bits per heavy atom. The van der Waals surface area contributed by atoms with Crippen LogP contribution in [0.4, 0.5) is 5.69 Å². The summed E-state index contributed by atoms with van der Waals surface area (Å²) in [4.78, 5) is -0.0434. The van der Waals surface area contributed by atoms with Gasteiger partial charge in [-0.05, 0) is 25.0 Å². The number of ether oxygens (including phenoxy) is 1. The summed E-state index contributed by atoms with van der Waals surface area (Å²) < 4.78 is 32.3. The molecule has 1 heterocycles. The summed E-state index contributed by atoms with van der Waals surface area (Å²) in [5.41, 5.74) is 5.84. The summed E-state index contributed by atoms with van der Waals surface area (Å²) in [6.07, 6.45) is 1.31.